The van der Waals surface area contributed by atoms with Crippen LogP contribution in [-0.2, 0) is 30.8 Å². The molecule has 0 saturated carbocycles. The molecule has 0 fully saturated rings. The standard InChI is InChI=1S/Na.HOP.Zr/c;1-2;/h;2H;. The van der Waals surface area contributed by atoms with E-state index in [4.69, 9.17) is 4.57 Å². The first-order chi connectivity index (χ1) is 1.00. The van der Waals surface area contributed by atoms with Crippen LogP contribution in [0.4, 0.5) is 0 Å². The molecule has 4 heavy (non-hydrogen) atoms. The van der Waals surface area contributed by atoms with Crippen molar-refractivity contribution < 1.29 is 30.8 Å². The predicted octanol–water partition coefficient (Wildman–Crippen LogP) is 0.0914. The molecule has 0 amide bonds. The first-order valence-electron chi connectivity index (χ1n) is 0.204. The third-order valence-electron chi connectivity index (χ3n) is 0. The van der Waals surface area contributed by atoms with E-state index in [1.807, 2.05) is 0 Å². The Hall–Kier alpha value is 1.98. The molecule has 0 rings (SSSR count). The van der Waals surface area contributed by atoms with Gasteiger partial charge in [-0.2, -0.15) is 0 Å². The summed E-state index contributed by atoms with van der Waals surface area (Å²) in [6.45, 7) is 0. The van der Waals surface area contributed by atoms with E-state index in [1.165, 1.54) is 0 Å². The van der Waals surface area contributed by atoms with E-state index in [2.05, 4.69) is 0 Å². The van der Waals surface area contributed by atoms with Crippen LogP contribution in [-0.4, -0.2) is 29.6 Å². The van der Waals surface area contributed by atoms with Crippen LogP contribution in [0, 0.1) is 0 Å². The van der Waals surface area contributed by atoms with Crippen molar-refractivity contribution in [2.75, 3.05) is 0 Å². The SMILES string of the molecule is O=P.[Na].[Zr]. The third kappa shape index (κ3) is 9.01. The largest absolute Gasteiger partial charge is 0.279 e. The van der Waals surface area contributed by atoms with Gasteiger partial charge in [0, 0.05) is 55.8 Å². The summed E-state index contributed by atoms with van der Waals surface area (Å²) in [4.78, 5) is 0. The molecule has 0 aliphatic rings. The Morgan fingerprint density at radius 3 is 1.25 bits per heavy atom. The van der Waals surface area contributed by atoms with E-state index in [-0.39, 0.29) is 55.8 Å². The predicted molar refractivity (Wildman–Crippen MR) is 14.8 cm³/mol. The van der Waals surface area contributed by atoms with Crippen LogP contribution >= 0.6 is 9.12 Å². The molecule has 0 aromatic rings. The molecule has 0 atom stereocenters. The molecule has 0 aromatic heterocycles. The van der Waals surface area contributed by atoms with Gasteiger partial charge in [0.2, 0.25) is 0 Å². The van der Waals surface area contributed by atoms with Gasteiger partial charge in [0.1, 0.15) is 9.12 Å². The van der Waals surface area contributed by atoms with Gasteiger partial charge in [-0.05, 0) is 0 Å². The summed E-state index contributed by atoms with van der Waals surface area (Å²) in [6.07, 6.45) is 0. The van der Waals surface area contributed by atoms with Gasteiger partial charge >= 0.3 is 0 Å². The zero-order valence-corrected chi connectivity index (χ0v) is 7.87. The minimum Gasteiger partial charge on any atom is -0.279 e. The van der Waals surface area contributed by atoms with Crippen molar-refractivity contribution in [1.82, 2.24) is 0 Å². The molecule has 0 spiro atoms. The third-order valence-corrected chi connectivity index (χ3v) is 0. The molecule has 0 aromatic carbocycles. The Morgan fingerprint density at radius 1 is 1.25 bits per heavy atom. The van der Waals surface area contributed by atoms with Gasteiger partial charge in [-0.3, -0.25) is 4.57 Å². The van der Waals surface area contributed by atoms with Crippen LogP contribution in [0.1, 0.15) is 0 Å². The van der Waals surface area contributed by atoms with E-state index in [0.29, 0.717) is 0 Å². The van der Waals surface area contributed by atoms with Crippen molar-refractivity contribution in [3.8, 4) is 0 Å². The van der Waals surface area contributed by atoms with Gasteiger partial charge in [-0.15, -0.1) is 0 Å². The van der Waals surface area contributed by atoms with Crippen LogP contribution < -0.4 is 0 Å². The first kappa shape index (κ1) is 16.7. The van der Waals surface area contributed by atoms with Crippen LogP contribution in [0.25, 0.3) is 0 Å². The van der Waals surface area contributed by atoms with Gasteiger partial charge in [0.15, 0.2) is 0 Å². The molecule has 1 radical (unpaired) electrons. The van der Waals surface area contributed by atoms with Gasteiger partial charge in [-0.1, -0.05) is 0 Å². The van der Waals surface area contributed by atoms with Crippen molar-refractivity contribution in [2.45, 2.75) is 0 Å². The number of hydrogen-bond acceptors (Lipinski definition) is 1. The minimum absolute atomic E-state index is 0. The molecule has 0 unspecified atom stereocenters. The molecular weight excluding hydrogens is 161 g/mol. The molecule has 0 aliphatic carbocycles. The smallest absolute Gasteiger partial charge is 0.138 e. The van der Waals surface area contributed by atoms with Crippen molar-refractivity contribution in [3.05, 3.63) is 0 Å². The van der Waals surface area contributed by atoms with Crippen LogP contribution in [0.2, 0.25) is 0 Å². The summed E-state index contributed by atoms with van der Waals surface area (Å²) >= 11 is 0. The van der Waals surface area contributed by atoms with E-state index in [9.17, 15) is 0 Å². The summed E-state index contributed by atoms with van der Waals surface area (Å²) in [5.74, 6) is 0. The summed E-state index contributed by atoms with van der Waals surface area (Å²) in [7, 11) is 1.72. The molecule has 1 nitrogen and oxygen atoms in total. The topological polar surface area (TPSA) is 17.1 Å². The maximum atomic E-state index is 8.06. The molecule has 0 heterocycles. The average Bonchev–Trinajstić information content (AvgIpc) is 1.00. The molecule has 0 aliphatic heterocycles. The fourth-order valence-corrected chi connectivity index (χ4v) is 0. The van der Waals surface area contributed by atoms with E-state index < -0.39 is 0 Å². The fraction of sp³-hybridized carbons (Fsp3) is 0. The van der Waals surface area contributed by atoms with E-state index in [0.717, 1.165) is 0 Å². The second-order valence-electron chi connectivity index (χ2n) is 0. The van der Waals surface area contributed by atoms with E-state index >= 15 is 0 Å². The molecular formula is HNaOPZr. The maximum Gasteiger partial charge on any atom is 0.138 e. The second-order valence-corrected chi connectivity index (χ2v) is 0. The average molecular weight is 162 g/mol. The molecule has 0 N–H and O–H groups in total. The van der Waals surface area contributed by atoms with E-state index in [1.54, 1.807) is 9.12 Å². The van der Waals surface area contributed by atoms with Gasteiger partial charge < -0.3 is 0 Å². The number of hydrogen-bond donors (Lipinski definition) is 0. The Bertz CT molecular complexity index is 8.00. The van der Waals surface area contributed by atoms with Crippen molar-refractivity contribution in [2.24, 2.45) is 0 Å². The summed E-state index contributed by atoms with van der Waals surface area (Å²) < 4.78 is 8.06. The maximum absolute atomic E-state index is 8.06. The van der Waals surface area contributed by atoms with Crippen molar-refractivity contribution in [1.29, 1.82) is 0 Å². The Labute approximate surface area is 68.6 Å². The van der Waals surface area contributed by atoms with Gasteiger partial charge in [0.25, 0.3) is 0 Å². The summed E-state index contributed by atoms with van der Waals surface area (Å²) in [5, 5.41) is 0. The number of rotatable bonds is 0. The second kappa shape index (κ2) is 20.1. The Balaban J connectivity index is -0.00000000500. The summed E-state index contributed by atoms with van der Waals surface area (Å²) in [6, 6.07) is 0. The molecule has 0 saturated heterocycles. The van der Waals surface area contributed by atoms with Crippen LogP contribution in [0.5, 0.6) is 0 Å². The van der Waals surface area contributed by atoms with Crippen molar-refractivity contribution >= 4 is 38.7 Å². The van der Waals surface area contributed by atoms with Crippen molar-refractivity contribution in [3.63, 3.8) is 0 Å². The van der Waals surface area contributed by atoms with Gasteiger partial charge in [-0.25, -0.2) is 0 Å². The van der Waals surface area contributed by atoms with Gasteiger partial charge in [0.05, 0.1) is 0 Å². The molecule has 0 bridgehead atoms. The normalized spacial score (nSPS) is 1.00. The summed E-state index contributed by atoms with van der Waals surface area (Å²) in [5.41, 5.74) is 0. The Morgan fingerprint density at radius 2 is 1.25 bits per heavy atom. The molecule has 17 valence electrons. The van der Waals surface area contributed by atoms with Crippen LogP contribution in [0.3, 0.4) is 0 Å². The molecule has 4 heteroatoms. The quantitative estimate of drug-likeness (QED) is 0.364. The Kier molecular flexibility index (Phi) is 83.9. The monoisotopic (exact) mass is 161 g/mol. The zero-order valence-electron chi connectivity index (χ0n) is 2.41. The van der Waals surface area contributed by atoms with Crippen LogP contribution in [0.15, 0.2) is 0 Å². The fourth-order valence-electron chi connectivity index (χ4n) is 0. The first-order valence-corrected chi connectivity index (χ1v) is 0.612. The minimum atomic E-state index is 0. The zero-order chi connectivity index (χ0) is 2.00.